The monoisotopic (exact) mass is 542 g/mol. The predicted octanol–water partition coefficient (Wildman–Crippen LogP) is 5.30. The third-order valence-corrected chi connectivity index (χ3v) is 10.7. The molecule has 0 unspecified atom stereocenters. The molecule has 0 aromatic rings. The van der Waals surface area contributed by atoms with Crippen LogP contribution in [0.2, 0.25) is 0 Å². The molecule has 0 spiro atoms. The zero-order valence-electron chi connectivity index (χ0n) is 23.6. The van der Waals surface area contributed by atoms with Crippen LogP contribution in [0, 0.1) is 34.5 Å². The van der Waals surface area contributed by atoms with Gasteiger partial charge in [-0.1, -0.05) is 39.2 Å². The van der Waals surface area contributed by atoms with Crippen LogP contribution in [0.5, 0.6) is 0 Å². The van der Waals surface area contributed by atoms with E-state index in [1.54, 1.807) is 6.08 Å². The van der Waals surface area contributed by atoms with E-state index < -0.39 is 35.5 Å². The molecule has 214 valence electrons. The minimum atomic E-state index is -1.59. The summed E-state index contributed by atoms with van der Waals surface area (Å²) in [6.45, 7) is 5.80. The van der Waals surface area contributed by atoms with Gasteiger partial charge in [0.25, 0.3) is 0 Å². The van der Waals surface area contributed by atoms with Gasteiger partial charge >= 0.3 is 12.1 Å². The summed E-state index contributed by atoms with van der Waals surface area (Å²) in [6.07, 6.45) is 8.57. The summed E-state index contributed by atoms with van der Waals surface area (Å²) in [7, 11) is 0. The fraction of sp³-hybridized carbons (Fsp3) is 0.774. The second-order valence-corrected chi connectivity index (χ2v) is 13.0. The van der Waals surface area contributed by atoms with Gasteiger partial charge in [0.15, 0.2) is 18.0 Å². The molecule has 0 bridgehead atoms. The fourth-order valence-electron chi connectivity index (χ4n) is 8.42. The number of carbonyl (C=O) groups is 5. The van der Waals surface area contributed by atoms with Crippen molar-refractivity contribution in [3.05, 3.63) is 11.6 Å². The highest BCUT2D eigenvalue weighted by molar-refractivity contribution is 5.96. The first-order valence-corrected chi connectivity index (χ1v) is 14.9. The lowest BCUT2D eigenvalue weighted by atomic mass is 9.46. The van der Waals surface area contributed by atoms with E-state index in [4.69, 9.17) is 14.2 Å². The molecule has 5 rings (SSSR count). The first-order valence-electron chi connectivity index (χ1n) is 14.9. The van der Waals surface area contributed by atoms with Crippen molar-refractivity contribution >= 4 is 29.5 Å². The van der Waals surface area contributed by atoms with Gasteiger partial charge in [0.1, 0.15) is 5.78 Å². The molecule has 0 heterocycles. The van der Waals surface area contributed by atoms with Crippen molar-refractivity contribution in [3.63, 3.8) is 0 Å². The summed E-state index contributed by atoms with van der Waals surface area (Å²) < 4.78 is 16.7. The Morgan fingerprint density at radius 2 is 1.74 bits per heavy atom. The van der Waals surface area contributed by atoms with Crippen molar-refractivity contribution in [2.75, 3.05) is 13.2 Å². The second-order valence-electron chi connectivity index (χ2n) is 13.0. The zero-order chi connectivity index (χ0) is 28.0. The van der Waals surface area contributed by atoms with Gasteiger partial charge < -0.3 is 14.2 Å². The topological polar surface area (TPSA) is 113 Å². The third-order valence-electron chi connectivity index (χ3n) is 10.7. The molecule has 0 aromatic heterocycles. The number of hydrogen-bond donors (Lipinski definition) is 0. The van der Waals surface area contributed by atoms with Crippen molar-refractivity contribution in [2.24, 2.45) is 34.5 Å². The van der Waals surface area contributed by atoms with Gasteiger partial charge in [-0.05, 0) is 74.7 Å². The van der Waals surface area contributed by atoms with E-state index in [1.165, 1.54) is 0 Å². The van der Waals surface area contributed by atoms with Crippen LogP contribution in [0.25, 0.3) is 0 Å². The average molecular weight is 543 g/mol. The minimum Gasteiger partial charge on any atom is -0.457 e. The maximum absolute atomic E-state index is 14.0. The molecule has 8 heteroatoms. The van der Waals surface area contributed by atoms with Gasteiger partial charge in [-0.15, -0.1) is 0 Å². The molecule has 4 fully saturated rings. The van der Waals surface area contributed by atoms with E-state index in [0.29, 0.717) is 25.7 Å². The van der Waals surface area contributed by atoms with E-state index in [2.05, 4.69) is 13.8 Å². The molecule has 0 aliphatic heterocycles. The molecule has 8 nitrogen and oxygen atoms in total. The van der Waals surface area contributed by atoms with E-state index in [9.17, 15) is 24.0 Å². The zero-order valence-corrected chi connectivity index (χ0v) is 23.6. The maximum Gasteiger partial charge on any atom is 0.509 e. The summed E-state index contributed by atoms with van der Waals surface area (Å²) in [5, 5.41) is 0. The predicted molar refractivity (Wildman–Crippen MR) is 140 cm³/mol. The highest BCUT2D eigenvalue weighted by atomic mass is 16.7. The average Bonchev–Trinajstić information content (AvgIpc) is 3.70. The van der Waals surface area contributed by atoms with Crippen molar-refractivity contribution in [2.45, 2.75) is 103 Å². The Labute approximate surface area is 230 Å². The van der Waals surface area contributed by atoms with Crippen LogP contribution < -0.4 is 0 Å². The molecular formula is C31H42O8. The Bertz CT molecular complexity index is 1090. The van der Waals surface area contributed by atoms with Crippen molar-refractivity contribution < 1.29 is 38.2 Å². The fourth-order valence-corrected chi connectivity index (χ4v) is 8.42. The van der Waals surface area contributed by atoms with Gasteiger partial charge in [-0.3, -0.25) is 19.2 Å². The molecule has 39 heavy (non-hydrogen) atoms. The molecule has 0 aromatic carbocycles. The standard InChI is InChI=1S/C31H42O8/c1-4-5-6-15-37-28(36)39-31(25(34)18-38-27(35)19-7-8-19)14-12-23-22-10-9-20-16-21(32)11-13-29(20,2)26(22)24(33)17-30(23,31)3/h16,19,22-23,26H,4-15,17-18H2,1-3H3/t22-,23-,26+,29-,30-,31-/m0/s1. The van der Waals surface area contributed by atoms with Crippen LogP contribution in [0.3, 0.4) is 0 Å². The van der Waals surface area contributed by atoms with Crippen LogP contribution >= 0.6 is 0 Å². The SMILES string of the molecule is CCCCCOC(=O)O[C@]1(C(=O)COC(=O)C2CC2)CC[C@H]2[C@@H]3CCC4=CC(=O)CC[C@]4(C)[C@H]3C(=O)C[C@@]21C. The van der Waals surface area contributed by atoms with Crippen molar-refractivity contribution in [1.82, 2.24) is 0 Å². The number of ether oxygens (including phenoxy) is 3. The molecular weight excluding hydrogens is 500 g/mol. The van der Waals surface area contributed by atoms with Crippen LogP contribution in [0.1, 0.15) is 97.8 Å². The molecule has 0 radical (unpaired) electrons. The number of allylic oxidation sites excluding steroid dienone is 1. The number of hydrogen-bond acceptors (Lipinski definition) is 8. The number of Topliss-reactive ketones (excluding diaryl/α,β-unsaturated/α-hetero) is 2. The molecule has 0 N–H and O–H groups in total. The van der Waals surface area contributed by atoms with Gasteiger partial charge in [-0.25, -0.2) is 4.79 Å². The minimum absolute atomic E-state index is 0.0211. The number of rotatable bonds is 9. The summed E-state index contributed by atoms with van der Waals surface area (Å²) in [6, 6.07) is 0. The Kier molecular flexibility index (Phi) is 7.53. The van der Waals surface area contributed by atoms with E-state index >= 15 is 0 Å². The number of esters is 1. The Morgan fingerprint density at radius 1 is 0.974 bits per heavy atom. The number of unbranched alkanes of at least 4 members (excludes halogenated alkanes) is 2. The molecule has 0 amide bonds. The lowest BCUT2D eigenvalue weighted by Gasteiger charge is -2.57. The van der Waals surface area contributed by atoms with E-state index in [-0.39, 0.29) is 60.1 Å². The van der Waals surface area contributed by atoms with Gasteiger partial charge in [-0.2, -0.15) is 0 Å². The number of ketones is 3. The van der Waals surface area contributed by atoms with Crippen molar-refractivity contribution in [1.29, 1.82) is 0 Å². The van der Waals surface area contributed by atoms with Crippen molar-refractivity contribution in [3.8, 4) is 0 Å². The molecule has 0 saturated heterocycles. The normalized spacial score (nSPS) is 37.2. The highest BCUT2D eigenvalue weighted by Crippen LogP contribution is 2.67. The quantitative estimate of drug-likeness (QED) is 0.285. The Balaban J connectivity index is 1.43. The van der Waals surface area contributed by atoms with Crippen LogP contribution in [0.15, 0.2) is 11.6 Å². The van der Waals surface area contributed by atoms with E-state index in [0.717, 1.165) is 44.1 Å². The lowest BCUT2D eigenvalue weighted by Crippen LogP contribution is -2.62. The summed E-state index contributed by atoms with van der Waals surface area (Å²) >= 11 is 0. The molecule has 6 atom stereocenters. The summed E-state index contributed by atoms with van der Waals surface area (Å²) in [4.78, 5) is 65.3. The van der Waals surface area contributed by atoms with Gasteiger partial charge in [0.2, 0.25) is 5.78 Å². The molecule has 4 saturated carbocycles. The van der Waals surface area contributed by atoms with Gasteiger partial charge in [0, 0.05) is 24.2 Å². The molecule has 5 aliphatic carbocycles. The second kappa shape index (κ2) is 10.5. The molecule has 5 aliphatic rings. The Hall–Kier alpha value is -2.51. The summed E-state index contributed by atoms with van der Waals surface area (Å²) in [5.74, 6) is -1.04. The number of carbonyl (C=O) groups excluding carboxylic acids is 5. The largest absolute Gasteiger partial charge is 0.509 e. The van der Waals surface area contributed by atoms with Crippen LogP contribution in [0.4, 0.5) is 4.79 Å². The first kappa shape index (κ1) is 28.0. The van der Waals surface area contributed by atoms with Gasteiger partial charge in [0.05, 0.1) is 12.5 Å². The smallest absolute Gasteiger partial charge is 0.457 e. The lowest BCUT2D eigenvalue weighted by molar-refractivity contribution is -0.177. The van der Waals surface area contributed by atoms with E-state index in [1.807, 2.05) is 6.92 Å². The third kappa shape index (κ3) is 4.76. The Morgan fingerprint density at radius 3 is 2.46 bits per heavy atom. The summed E-state index contributed by atoms with van der Waals surface area (Å²) in [5.41, 5.74) is -1.80. The maximum atomic E-state index is 14.0. The van der Waals surface area contributed by atoms with Crippen LogP contribution in [-0.2, 0) is 33.4 Å². The number of fused-ring (bicyclic) bond motifs is 5. The first-order chi connectivity index (χ1) is 18.6. The highest BCUT2D eigenvalue weighted by Gasteiger charge is 2.71. The van der Waals surface area contributed by atoms with Crippen LogP contribution in [-0.4, -0.2) is 48.3 Å².